The molecular weight excluding hydrogens is 626 g/mol. The van der Waals surface area contributed by atoms with Gasteiger partial charge in [-0.25, -0.2) is 16.8 Å². The quantitative estimate of drug-likeness (QED) is 0.245. The first-order valence-electron chi connectivity index (χ1n) is 6.98. The van der Waals surface area contributed by atoms with E-state index in [0.29, 0.717) is 9.58 Å². The molecule has 0 saturated heterocycles. The summed E-state index contributed by atoms with van der Waals surface area (Å²) in [5.74, 6) is 0. The van der Waals surface area contributed by atoms with Gasteiger partial charge in [0.15, 0.2) is 20.2 Å². The number of halogens is 12. The summed E-state index contributed by atoms with van der Waals surface area (Å²) in [7, 11) is -12.2. The van der Waals surface area contributed by atoms with Crippen LogP contribution < -0.4 is 9.58 Å². The van der Waals surface area contributed by atoms with E-state index >= 15 is 0 Å². The van der Waals surface area contributed by atoms with Crippen molar-refractivity contribution in [3.05, 3.63) is 57.0 Å². The standard InChI is InChI=1S/2C5H3Cl2FN.2CHF3O3S/c2*6-4-1-5(7)3-9(8)2-4;2*2-1(3,4)8(5,6)7/h2*1-3H;2*(H,5,6,7)/q2*+1;;/p-2. The summed E-state index contributed by atoms with van der Waals surface area (Å²) in [6, 6.07) is 2.92. The molecule has 0 radical (unpaired) electrons. The van der Waals surface area contributed by atoms with Crippen molar-refractivity contribution in [3.8, 4) is 0 Å². The number of hydrogen-bond donors (Lipinski definition) is 0. The number of alkyl halides is 6. The molecule has 0 atom stereocenters. The zero-order valence-corrected chi connectivity index (χ0v) is 19.8. The van der Waals surface area contributed by atoms with Crippen molar-refractivity contribution in [2.45, 2.75) is 11.0 Å². The van der Waals surface area contributed by atoms with Gasteiger partial charge in [-0.05, 0) is 12.1 Å². The molecule has 0 aliphatic rings. The molecule has 0 aliphatic carbocycles. The Labute approximate surface area is 205 Å². The van der Waals surface area contributed by atoms with E-state index in [1.165, 1.54) is 12.1 Å². The maximum absolute atomic E-state index is 12.2. The average molecular weight is 632 g/mol. The Hall–Kier alpha value is -1.28. The lowest BCUT2D eigenvalue weighted by atomic mass is 10.5. The molecule has 2 heterocycles. The van der Waals surface area contributed by atoms with Crippen LogP contribution in [0.25, 0.3) is 0 Å². The lowest BCUT2D eigenvalue weighted by molar-refractivity contribution is -0.843. The van der Waals surface area contributed by atoms with Crippen LogP contribution in [-0.2, 0) is 20.2 Å². The summed E-state index contributed by atoms with van der Waals surface area (Å²) in [6.07, 6.45) is 4.47. The van der Waals surface area contributed by atoms with E-state index in [1.54, 1.807) is 0 Å². The van der Waals surface area contributed by atoms with Crippen molar-refractivity contribution >= 4 is 66.6 Å². The minimum absolute atomic E-state index is 0.282. The minimum Gasteiger partial charge on any atom is -0.741 e. The molecule has 2 aromatic heterocycles. The Morgan fingerprint density at radius 3 is 0.824 bits per heavy atom. The molecule has 0 aromatic carbocycles. The molecule has 0 aliphatic heterocycles. The number of pyridine rings is 2. The van der Waals surface area contributed by atoms with Gasteiger partial charge in [-0.1, -0.05) is 46.4 Å². The SMILES string of the molecule is F[n+]1cc(Cl)cc(Cl)c1.F[n+]1cc(Cl)cc(Cl)c1.O=S(=O)([O-])C(F)(F)F.O=S(=O)([O-])C(F)(F)F. The molecule has 0 unspecified atom stereocenters. The van der Waals surface area contributed by atoms with Crippen LogP contribution in [0, 0.1) is 0 Å². The predicted octanol–water partition coefficient (Wildman–Crippen LogP) is 4.13. The van der Waals surface area contributed by atoms with E-state index < -0.39 is 31.3 Å². The normalized spacial score (nSPS) is 11.7. The smallest absolute Gasteiger partial charge is 0.485 e. The molecule has 2 rings (SSSR count). The number of hydrogen-bond acceptors (Lipinski definition) is 6. The monoisotopic (exact) mass is 630 g/mol. The average Bonchev–Trinajstić information content (AvgIpc) is 2.49. The number of rotatable bonds is 0. The van der Waals surface area contributed by atoms with Gasteiger partial charge >= 0.3 is 11.0 Å². The summed E-state index contributed by atoms with van der Waals surface area (Å²) in [5.41, 5.74) is -11.3. The van der Waals surface area contributed by atoms with Gasteiger partial charge in [0, 0.05) is 9.58 Å². The lowest BCUT2D eigenvalue weighted by Gasteiger charge is -2.08. The van der Waals surface area contributed by atoms with Crippen molar-refractivity contribution in [1.82, 2.24) is 0 Å². The highest BCUT2D eigenvalue weighted by Gasteiger charge is 2.37. The van der Waals surface area contributed by atoms with E-state index in [-0.39, 0.29) is 20.1 Å². The zero-order chi connectivity index (χ0) is 27.7. The third-order valence-corrected chi connectivity index (χ3v) is 4.07. The van der Waals surface area contributed by atoms with E-state index in [2.05, 4.69) is 0 Å². The molecule has 34 heavy (non-hydrogen) atoms. The van der Waals surface area contributed by atoms with Gasteiger partial charge in [-0.15, -0.1) is 0 Å². The van der Waals surface area contributed by atoms with Crippen LogP contribution in [0.3, 0.4) is 0 Å². The van der Waals surface area contributed by atoms with Gasteiger partial charge in [0.05, 0.1) is 8.96 Å². The molecule has 196 valence electrons. The fourth-order valence-electron chi connectivity index (χ4n) is 0.958. The maximum atomic E-state index is 12.2. The second-order valence-electron chi connectivity index (χ2n) is 4.83. The van der Waals surface area contributed by atoms with Gasteiger partial charge in [-0.2, -0.15) is 26.3 Å². The first-order chi connectivity index (χ1) is 14.9. The van der Waals surface area contributed by atoms with Crippen molar-refractivity contribution in [3.63, 3.8) is 0 Å². The number of aromatic nitrogens is 2. The number of nitrogens with zero attached hydrogens (tertiary/aromatic N) is 2. The Morgan fingerprint density at radius 2 is 0.735 bits per heavy atom. The van der Waals surface area contributed by atoms with Gasteiger partial charge in [0.1, 0.15) is 20.1 Å². The zero-order valence-electron chi connectivity index (χ0n) is 15.2. The van der Waals surface area contributed by atoms with E-state index in [0.717, 1.165) is 24.8 Å². The molecular formula is C12H6Cl4F8N2O6S2. The molecule has 22 heteroatoms. The molecule has 0 N–H and O–H groups in total. The Bertz CT molecular complexity index is 972. The van der Waals surface area contributed by atoms with Crippen LogP contribution >= 0.6 is 46.4 Å². The van der Waals surface area contributed by atoms with Crippen LogP contribution in [0.5, 0.6) is 0 Å². The lowest BCUT2D eigenvalue weighted by Crippen LogP contribution is -2.21. The van der Waals surface area contributed by atoms with Crippen molar-refractivity contribution in [1.29, 1.82) is 0 Å². The Morgan fingerprint density at radius 1 is 0.588 bits per heavy atom. The molecule has 0 spiro atoms. The second-order valence-corrected chi connectivity index (χ2v) is 9.32. The maximum Gasteiger partial charge on any atom is 0.485 e. The minimum atomic E-state index is -6.09. The largest absolute Gasteiger partial charge is 0.741 e. The first-order valence-corrected chi connectivity index (χ1v) is 11.3. The fourth-order valence-corrected chi connectivity index (χ4v) is 1.91. The Balaban J connectivity index is 0. The summed E-state index contributed by atoms with van der Waals surface area (Å²) in [6.45, 7) is 0. The summed E-state index contributed by atoms with van der Waals surface area (Å²) in [4.78, 5) is 0.620. The molecule has 8 nitrogen and oxygen atoms in total. The van der Waals surface area contributed by atoms with Gasteiger partial charge in [0.25, 0.3) is 0 Å². The fraction of sp³-hybridized carbons (Fsp3) is 0.167. The van der Waals surface area contributed by atoms with Gasteiger partial charge < -0.3 is 9.11 Å². The molecule has 0 amide bonds. The van der Waals surface area contributed by atoms with Crippen LogP contribution in [0.4, 0.5) is 35.3 Å². The third-order valence-electron chi connectivity index (χ3n) is 2.11. The van der Waals surface area contributed by atoms with Crippen LogP contribution in [0.15, 0.2) is 36.9 Å². The molecule has 0 fully saturated rings. The summed E-state index contributed by atoms with van der Waals surface area (Å²) >= 11 is 21.6. The van der Waals surface area contributed by atoms with E-state index in [4.69, 9.17) is 72.3 Å². The van der Waals surface area contributed by atoms with Gasteiger partial charge in [-0.3, -0.25) is 0 Å². The van der Waals surface area contributed by atoms with E-state index in [9.17, 15) is 35.3 Å². The second kappa shape index (κ2) is 13.7. The topological polar surface area (TPSA) is 122 Å². The Kier molecular flexibility index (Phi) is 14.1. The third kappa shape index (κ3) is 16.4. The predicted molar refractivity (Wildman–Crippen MR) is 97.8 cm³/mol. The van der Waals surface area contributed by atoms with Crippen molar-refractivity contribution in [2.75, 3.05) is 0 Å². The van der Waals surface area contributed by atoms with Crippen molar-refractivity contribution < 1.29 is 70.8 Å². The van der Waals surface area contributed by atoms with Gasteiger partial charge in [0.2, 0.25) is 24.8 Å². The van der Waals surface area contributed by atoms with E-state index in [1.807, 2.05) is 0 Å². The first kappa shape index (κ1) is 34.9. The molecule has 2 aromatic rings. The van der Waals surface area contributed by atoms with Crippen molar-refractivity contribution in [2.24, 2.45) is 0 Å². The molecule has 0 saturated carbocycles. The molecule has 0 bridgehead atoms. The summed E-state index contributed by atoms with van der Waals surface area (Å²) < 4.78 is 142. The highest BCUT2D eigenvalue weighted by Crippen LogP contribution is 2.21. The highest BCUT2D eigenvalue weighted by molar-refractivity contribution is 7.86. The van der Waals surface area contributed by atoms with Crippen LogP contribution in [0.1, 0.15) is 0 Å². The highest BCUT2D eigenvalue weighted by atomic mass is 35.5. The van der Waals surface area contributed by atoms with Crippen LogP contribution in [0.2, 0.25) is 20.1 Å². The summed E-state index contributed by atoms with van der Waals surface area (Å²) in [5, 5.41) is 1.13. The van der Waals surface area contributed by atoms with Crippen LogP contribution in [-0.4, -0.2) is 37.0 Å².